The number of halogens is 1. The van der Waals surface area contributed by atoms with Crippen molar-refractivity contribution < 1.29 is 19.4 Å². The van der Waals surface area contributed by atoms with E-state index in [-0.39, 0.29) is 5.03 Å². The molecule has 0 heterocycles. The number of aliphatic carboxylic acids is 1. The summed E-state index contributed by atoms with van der Waals surface area (Å²) in [5.41, 5.74) is -0.417. The summed E-state index contributed by atoms with van der Waals surface area (Å²) < 4.78 is 5.03. The predicted molar refractivity (Wildman–Crippen MR) is 78.7 cm³/mol. The first kappa shape index (κ1) is 18.2. The Morgan fingerprint density at radius 1 is 1.40 bits per heavy atom. The van der Waals surface area contributed by atoms with Gasteiger partial charge in [0.05, 0.1) is 0 Å². The minimum Gasteiger partial charge on any atom is -0.479 e. The molecule has 0 saturated heterocycles. The number of alkyl carbamates (subject to hydrolysis) is 1. The monoisotopic (exact) mass is 301 g/mol. The van der Waals surface area contributed by atoms with Crippen LogP contribution < -0.4 is 5.32 Å². The third-order valence-corrected chi connectivity index (χ3v) is 2.03. The summed E-state index contributed by atoms with van der Waals surface area (Å²) in [7, 11) is 0. The molecule has 0 aliphatic heterocycles. The van der Waals surface area contributed by atoms with E-state index >= 15 is 0 Å². The highest BCUT2D eigenvalue weighted by atomic mass is 35.5. The number of hydrogen-bond donors (Lipinski definition) is 2. The van der Waals surface area contributed by atoms with Gasteiger partial charge in [0.2, 0.25) is 0 Å². The molecule has 0 aromatic rings. The maximum atomic E-state index is 11.7. The third kappa shape index (κ3) is 7.63. The first-order valence-corrected chi connectivity index (χ1v) is 6.35. The highest BCUT2D eigenvalue weighted by Gasteiger charge is 2.26. The number of allylic oxidation sites excluding steroid dienone is 3. The molecule has 0 fully saturated rings. The Morgan fingerprint density at radius 3 is 2.30 bits per heavy atom. The van der Waals surface area contributed by atoms with E-state index in [1.807, 2.05) is 0 Å². The molecule has 0 aliphatic rings. The number of carboxylic acid groups (broad SMARTS) is 1. The zero-order valence-electron chi connectivity index (χ0n) is 12.1. The molecule has 20 heavy (non-hydrogen) atoms. The average molecular weight is 302 g/mol. The van der Waals surface area contributed by atoms with Crippen LogP contribution >= 0.6 is 11.6 Å². The third-order valence-electron chi connectivity index (χ3n) is 1.92. The van der Waals surface area contributed by atoms with E-state index in [4.69, 9.17) is 16.3 Å². The smallest absolute Gasteiger partial charge is 0.408 e. The number of amides is 1. The van der Waals surface area contributed by atoms with Gasteiger partial charge in [-0.15, -0.1) is 0 Å². The summed E-state index contributed by atoms with van der Waals surface area (Å²) in [6.07, 6.45) is 3.72. The van der Waals surface area contributed by atoms with Crippen LogP contribution in [-0.4, -0.2) is 28.8 Å². The van der Waals surface area contributed by atoms with Crippen LogP contribution in [0.3, 0.4) is 0 Å². The maximum Gasteiger partial charge on any atom is 0.408 e. The average Bonchev–Trinajstić information content (AvgIpc) is 2.21. The van der Waals surface area contributed by atoms with E-state index in [9.17, 15) is 14.7 Å². The molecule has 6 heteroatoms. The molecule has 0 spiro atoms. The Kier molecular flexibility index (Phi) is 7.07. The van der Waals surface area contributed by atoms with Gasteiger partial charge < -0.3 is 15.2 Å². The minimum atomic E-state index is -1.27. The van der Waals surface area contributed by atoms with Crippen molar-refractivity contribution in [1.82, 2.24) is 5.32 Å². The molecule has 2 N–H and O–H groups in total. The number of nitrogens with one attached hydrogen (secondary N) is 1. The van der Waals surface area contributed by atoms with Crippen LogP contribution in [0.2, 0.25) is 0 Å². The molecule has 0 aliphatic carbocycles. The van der Waals surface area contributed by atoms with Crippen LogP contribution in [0.15, 0.2) is 35.4 Å². The number of ether oxygens (including phenoxy) is 1. The summed E-state index contributed by atoms with van der Waals surface area (Å²) in [5, 5.41) is 11.7. The maximum absolute atomic E-state index is 11.7. The van der Waals surface area contributed by atoms with E-state index in [0.29, 0.717) is 5.57 Å². The second kappa shape index (κ2) is 7.75. The number of carbonyl (C=O) groups excluding carboxylic acids is 1. The van der Waals surface area contributed by atoms with Crippen molar-refractivity contribution >= 4 is 23.7 Å². The second-order valence-corrected chi connectivity index (χ2v) is 5.49. The van der Waals surface area contributed by atoms with E-state index in [1.165, 1.54) is 12.2 Å². The Bertz CT molecular complexity index is 447. The summed E-state index contributed by atoms with van der Waals surface area (Å²) in [5.74, 6) is -1.22. The van der Waals surface area contributed by atoms with Crippen molar-refractivity contribution in [3.05, 3.63) is 35.4 Å². The topological polar surface area (TPSA) is 75.6 Å². The molecule has 1 amide bonds. The van der Waals surface area contributed by atoms with Gasteiger partial charge in [0.25, 0.3) is 0 Å². The minimum absolute atomic E-state index is 0.162. The molecule has 0 rings (SSSR count). The molecule has 0 saturated carbocycles. The molecular formula is C14H20ClNO4. The van der Waals surface area contributed by atoms with E-state index in [0.717, 1.165) is 0 Å². The summed E-state index contributed by atoms with van der Waals surface area (Å²) in [4.78, 5) is 22.9. The van der Waals surface area contributed by atoms with Gasteiger partial charge in [-0.25, -0.2) is 9.59 Å². The largest absolute Gasteiger partial charge is 0.479 e. The van der Waals surface area contributed by atoms with Crippen LogP contribution in [-0.2, 0) is 9.53 Å². The van der Waals surface area contributed by atoms with Crippen molar-refractivity contribution in [2.45, 2.75) is 39.3 Å². The Balaban J connectivity index is 5.19. The summed E-state index contributed by atoms with van der Waals surface area (Å²) >= 11 is 5.66. The van der Waals surface area contributed by atoms with E-state index < -0.39 is 23.7 Å². The molecule has 0 radical (unpaired) electrons. The van der Waals surface area contributed by atoms with Crippen LogP contribution in [0.25, 0.3) is 0 Å². The molecule has 0 aromatic carbocycles. The van der Waals surface area contributed by atoms with Crippen molar-refractivity contribution in [3.8, 4) is 0 Å². The van der Waals surface area contributed by atoms with Gasteiger partial charge in [-0.05, 0) is 39.3 Å². The Hall–Kier alpha value is -1.75. The predicted octanol–water partition coefficient (Wildman–Crippen LogP) is 3.22. The molecule has 1 unspecified atom stereocenters. The van der Waals surface area contributed by atoms with Crippen LogP contribution in [0.1, 0.15) is 27.7 Å². The molecule has 0 bridgehead atoms. The molecule has 1 atom stereocenters. The van der Waals surface area contributed by atoms with Gasteiger partial charge in [-0.1, -0.05) is 30.3 Å². The van der Waals surface area contributed by atoms with Crippen molar-refractivity contribution in [3.63, 3.8) is 0 Å². The SMILES string of the molecule is C=C(Cl)/C=C(\C=C/C)C(NC(=O)OC(C)(C)C)C(=O)O. The van der Waals surface area contributed by atoms with Crippen molar-refractivity contribution in [1.29, 1.82) is 0 Å². The molecule has 0 aromatic heterocycles. The summed E-state index contributed by atoms with van der Waals surface area (Å²) in [6, 6.07) is -1.27. The van der Waals surface area contributed by atoms with E-state index in [1.54, 1.807) is 33.8 Å². The lowest BCUT2D eigenvalue weighted by Crippen LogP contribution is -2.44. The van der Waals surface area contributed by atoms with Crippen LogP contribution in [0.5, 0.6) is 0 Å². The lowest BCUT2D eigenvalue weighted by molar-refractivity contribution is -0.138. The first-order chi connectivity index (χ1) is 9.06. The highest BCUT2D eigenvalue weighted by molar-refractivity contribution is 6.30. The quantitative estimate of drug-likeness (QED) is 0.765. The molecule has 112 valence electrons. The fourth-order valence-electron chi connectivity index (χ4n) is 1.31. The Labute approximate surface area is 123 Å². The van der Waals surface area contributed by atoms with Gasteiger partial charge in [0.15, 0.2) is 6.04 Å². The fourth-order valence-corrected chi connectivity index (χ4v) is 1.44. The van der Waals surface area contributed by atoms with E-state index in [2.05, 4.69) is 11.9 Å². The number of carbonyl (C=O) groups is 2. The van der Waals surface area contributed by atoms with Crippen molar-refractivity contribution in [2.75, 3.05) is 0 Å². The zero-order chi connectivity index (χ0) is 15.9. The van der Waals surface area contributed by atoms with Gasteiger partial charge >= 0.3 is 12.1 Å². The van der Waals surface area contributed by atoms with Crippen LogP contribution in [0, 0.1) is 0 Å². The summed E-state index contributed by atoms with van der Waals surface area (Å²) in [6.45, 7) is 10.3. The zero-order valence-corrected chi connectivity index (χ0v) is 12.8. The van der Waals surface area contributed by atoms with Gasteiger partial charge in [-0.2, -0.15) is 0 Å². The normalized spacial score (nSPS) is 13.9. The number of carboxylic acids is 1. The highest BCUT2D eigenvalue weighted by Crippen LogP contribution is 2.13. The second-order valence-electron chi connectivity index (χ2n) is 5.01. The molecule has 5 nitrogen and oxygen atoms in total. The van der Waals surface area contributed by atoms with Gasteiger partial charge in [0, 0.05) is 5.03 Å². The fraction of sp³-hybridized carbons (Fsp3) is 0.429. The van der Waals surface area contributed by atoms with Gasteiger partial charge in [0.1, 0.15) is 5.60 Å². The van der Waals surface area contributed by atoms with Crippen LogP contribution in [0.4, 0.5) is 4.79 Å². The molecular weight excluding hydrogens is 282 g/mol. The Morgan fingerprint density at radius 2 is 1.95 bits per heavy atom. The lowest BCUT2D eigenvalue weighted by Gasteiger charge is -2.22. The number of hydrogen-bond acceptors (Lipinski definition) is 3. The van der Waals surface area contributed by atoms with Crippen molar-refractivity contribution in [2.24, 2.45) is 0 Å². The standard InChI is InChI=1S/C14H20ClNO4/c1-6-7-10(8-9(2)15)11(12(17)18)16-13(19)20-14(3,4)5/h6-8,11H,2H2,1,3-5H3,(H,16,19)(H,17,18)/b7-6-,10-8+. The first-order valence-electron chi connectivity index (χ1n) is 5.98. The van der Waals surface area contributed by atoms with Gasteiger partial charge in [-0.3, -0.25) is 0 Å². The lowest BCUT2D eigenvalue weighted by atomic mass is 10.1. The number of rotatable bonds is 5.